The molecule has 0 N–H and O–H groups in total. The van der Waals surface area contributed by atoms with Gasteiger partial charge in [-0.25, -0.2) is 0 Å². The predicted octanol–water partition coefficient (Wildman–Crippen LogP) is 5.35. The van der Waals surface area contributed by atoms with Crippen LogP contribution in [0, 0.1) is 11.3 Å². The molecular formula is C25H25NO3. The maximum atomic E-state index is 9.23. The van der Waals surface area contributed by atoms with Crippen LogP contribution in [0.15, 0.2) is 72.8 Å². The van der Waals surface area contributed by atoms with Crippen molar-refractivity contribution in [2.75, 3.05) is 20.3 Å². The van der Waals surface area contributed by atoms with Gasteiger partial charge in [0.25, 0.3) is 0 Å². The topological polar surface area (TPSA) is 51.5 Å². The van der Waals surface area contributed by atoms with E-state index in [2.05, 4.69) is 56.3 Å². The van der Waals surface area contributed by atoms with E-state index in [9.17, 15) is 5.26 Å². The average molecular weight is 387 g/mol. The third-order valence-electron chi connectivity index (χ3n) is 4.99. The summed E-state index contributed by atoms with van der Waals surface area (Å²) in [7, 11) is 1.55. The van der Waals surface area contributed by atoms with Crippen molar-refractivity contribution in [1.29, 1.82) is 5.26 Å². The fourth-order valence-corrected chi connectivity index (χ4v) is 3.21. The van der Waals surface area contributed by atoms with E-state index in [1.54, 1.807) is 25.3 Å². The van der Waals surface area contributed by atoms with Crippen molar-refractivity contribution in [3.63, 3.8) is 0 Å². The van der Waals surface area contributed by atoms with Crippen LogP contribution in [-0.4, -0.2) is 20.3 Å². The normalized spacial score (nSPS) is 10.8. The smallest absolute Gasteiger partial charge is 0.179 e. The predicted molar refractivity (Wildman–Crippen MR) is 114 cm³/mol. The van der Waals surface area contributed by atoms with E-state index in [4.69, 9.17) is 14.2 Å². The summed E-state index contributed by atoms with van der Waals surface area (Å²) >= 11 is 0. The zero-order valence-electron chi connectivity index (χ0n) is 17.0. The Morgan fingerprint density at radius 1 is 0.793 bits per heavy atom. The molecule has 0 saturated carbocycles. The Labute approximate surface area is 172 Å². The van der Waals surface area contributed by atoms with Gasteiger partial charge in [0.05, 0.1) is 12.7 Å². The number of nitriles is 1. The summed E-state index contributed by atoms with van der Waals surface area (Å²) < 4.78 is 16.8. The molecule has 0 aliphatic rings. The zero-order valence-corrected chi connectivity index (χ0v) is 17.0. The van der Waals surface area contributed by atoms with Crippen molar-refractivity contribution < 1.29 is 14.2 Å². The molecule has 3 rings (SSSR count). The summed E-state index contributed by atoms with van der Waals surface area (Å²) in [5, 5.41) is 9.23. The molecule has 148 valence electrons. The van der Waals surface area contributed by atoms with Gasteiger partial charge < -0.3 is 14.2 Å². The Hall–Kier alpha value is -3.45. The van der Waals surface area contributed by atoms with Gasteiger partial charge in [-0.1, -0.05) is 62.4 Å². The number of hydrogen-bond donors (Lipinski definition) is 0. The Kier molecular flexibility index (Phi) is 6.41. The molecular weight excluding hydrogens is 362 g/mol. The van der Waals surface area contributed by atoms with E-state index in [1.807, 2.05) is 18.2 Å². The Morgan fingerprint density at radius 2 is 1.45 bits per heavy atom. The summed E-state index contributed by atoms with van der Waals surface area (Å²) in [6.07, 6.45) is 0. The molecule has 0 aliphatic heterocycles. The average Bonchev–Trinajstić information content (AvgIpc) is 2.77. The van der Waals surface area contributed by atoms with Crippen molar-refractivity contribution in [3.8, 4) is 23.3 Å². The SMILES string of the molecule is COc1cccc(C#N)c1OCCOc1ccc(C(C)(C)c2ccccc2)cc1. The number of nitrogens with zero attached hydrogens (tertiary/aromatic N) is 1. The number of methoxy groups -OCH3 is 1. The molecule has 0 bridgehead atoms. The van der Waals surface area contributed by atoms with Crippen LogP contribution in [0.25, 0.3) is 0 Å². The van der Waals surface area contributed by atoms with E-state index in [0.29, 0.717) is 30.3 Å². The third-order valence-corrected chi connectivity index (χ3v) is 4.99. The lowest BCUT2D eigenvalue weighted by atomic mass is 9.78. The van der Waals surface area contributed by atoms with Crippen LogP contribution in [0.5, 0.6) is 17.2 Å². The van der Waals surface area contributed by atoms with E-state index in [1.165, 1.54) is 11.1 Å². The fourth-order valence-electron chi connectivity index (χ4n) is 3.21. The number of ether oxygens (including phenoxy) is 3. The molecule has 3 aromatic carbocycles. The van der Waals surface area contributed by atoms with Crippen molar-refractivity contribution in [3.05, 3.63) is 89.5 Å². The van der Waals surface area contributed by atoms with Gasteiger partial charge >= 0.3 is 0 Å². The van der Waals surface area contributed by atoms with E-state index in [-0.39, 0.29) is 5.41 Å². The summed E-state index contributed by atoms with van der Waals surface area (Å²) in [5.74, 6) is 1.76. The molecule has 0 amide bonds. The van der Waals surface area contributed by atoms with Gasteiger partial charge in [-0.05, 0) is 35.4 Å². The first-order valence-electron chi connectivity index (χ1n) is 9.55. The molecule has 0 atom stereocenters. The molecule has 29 heavy (non-hydrogen) atoms. The highest BCUT2D eigenvalue weighted by molar-refractivity contribution is 5.52. The molecule has 0 radical (unpaired) electrons. The Morgan fingerprint density at radius 3 is 2.10 bits per heavy atom. The van der Waals surface area contributed by atoms with Gasteiger partial charge in [0.2, 0.25) is 0 Å². The summed E-state index contributed by atoms with van der Waals surface area (Å²) in [6, 6.07) is 25.9. The first kappa shape index (κ1) is 20.3. The van der Waals surface area contributed by atoms with E-state index in [0.717, 1.165) is 5.75 Å². The minimum Gasteiger partial charge on any atom is -0.493 e. The largest absolute Gasteiger partial charge is 0.493 e. The van der Waals surface area contributed by atoms with Gasteiger partial charge in [0.1, 0.15) is 25.0 Å². The number of benzene rings is 3. The molecule has 0 aromatic heterocycles. The molecule has 0 fully saturated rings. The van der Waals surface area contributed by atoms with Gasteiger partial charge in [-0.15, -0.1) is 0 Å². The van der Waals surface area contributed by atoms with Gasteiger partial charge in [0.15, 0.2) is 11.5 Å². The lowest BCUT2D eigenvalue weighted by molar-refractivity contribution is 0.211. The van der Waals surface area contributed by atoms with Crippen LogP contribution in [0.1, 0.15) is 30.5 Å². The van der Waals surface area contributed by atoms with Crippen molar-refractivity contribution in [1.82, 2.24) is 0 Å². The number of para-hydroxylation sites is 1. The standard InChI is InChI=1S/C25H25NO3/c1-25(2,20-9-5-4-6-10-20)21-12-14-22(15-13-21)28-16-17-29-24-19(18-26)8-7-11-23(24)27-3/h4-15H,16-17H2,1-3H3. The maximum absolute atomic E-state index is 9.23. The minimum absolute atomic E-state index is 0.0829. The summed E-state index contributed by atoms with van der Waals surface area (Å²) in [4.78, 5) is 0. The lowest BCUT2D eigenvalue weighted by Crippen LogP contribution is -2.18. The van der Waals surface area contributed by atoms with Crippen molar-refractivity contribution in [2.24, 2.45) is 0 Å². The van der Waals surface area contributed by atoms with Crippen LogP contribution >= 0.6 is 0 Å². The zero-order chi connectivity index (χ0) is 20.7. The number of rotatable bonds is 8. The Bertz CT molecular complexity index is 973. The Balaban J connectivity index is 1.59. The monoisotopic (exact) mass is 387 g/mol. The first-order chi connectivity index (χ1) is 14.1. The molecule has 0 saturated heterocycles. The van der Waals surface area contributed by atoms with Crippen LogP contribution in [0.4, 0.5) is 0 Å². The molecule has 4 nitrogen and oxygen atoms in total. The first-order valence-corrected chi connectivity index (χ1v) is 9.55. The lowest BCUT2D eigenvalue weighted by Gasteiger charge is -2.26. The highest BCUT2D eigenvalue weighted by atomic mass is 16.5. The fraction of sp³-hybridized carbons (Fsp3) is 0.240. The van der Waals surface area contributed by atoms with Crippen LogP contribution in [0.3, 0.4) is 0 Å². The van der Waals surface area contributed by atoms with Crippen LogP contribution in [-0.2, 0) is 5.41 Å². The minimum atomic E-state index is -0.0829. The van der Waals surface area contributed by atoms with E-state index >= 15 is 0 Å². The summed E-state index contributed by atoms with van der Waals surface area (Å²) in [6.45, 7) is 5.11. The molecule has 0 spiro atoms. The van der Waals surface area contributed by atoms with E-state index < -0.39 is 0 Å². The molecule has 0 unspecified atom stereocenters. The second-order valence-corrected chi connectivity index (χ2v) is 7.16. The second-order valence-electron chi connectivity index (χ2n) is 7.16. The van der Waals surface area contributed by atoms with Gasteiger partial charge in [-0.2, -0.15) is 5.26 Å². The molecule has 4 heteroatoms. The van der Waals surface area contributed by atoms with Gasteiger partial charge in [-0.3, -0.25) is 0 Å². The number of hydrogen-bond acceptors (Lipinski definition) is 4. The third kappa shape index (κ3) is 4.70. The summed E-state index contributed by atoms with van der Waals surface area (Å²) in [5.41, 5.74) is 2.85. The maximum Gasteiger partial charge on any atom is 0.179 e. The highest BCUT2D eigenvalue weighted by Crippen LogP contribution is 2.32. The highest BCUT2D eigenvalue weighted by Gasteiger charge is 2.22. The van der Waals surface area contributed by atoms with Crippen molar-refractivity contribution in [2.45, 2.75) is 19.3 Å². The van der Waals surface area contributed by atoms with Crippen molar-refractivity contribution >= 4 is 0 Å². The molecule has 0 heterocycles. The van der Waals surface area contributed by atoms with Gasteiger partial charge in [0, 0.05) is 5.41 Å². The van der Waals surface area contributed by atoms with Crippen LogP contribution < -0.4 is 14.2 Å². The second kappa shape index (κ2) is 9.16. The molecule has 0 aliphatic carbocycles. The van der Waals surface area contributed by atoms with Crippen LogP contribution in [0.2, 0.25) is 0 Å². The molecule has 3 aromatic rings. The quantitative estimate of drug-likeness (QED) is 0.489.